The maximum absolute atomic E-state index is 12.4. The molecule has 2 N–H and O–H groups in total. The zero-order chi connectivity index (χ0) is 17.5. The fraction of sp³-hybridized carbons (Fsp3) is 0.316. The van der Waals surface area contributed by atoms with E-state index in [1.807, 2.05) is 45.0 Å². The summed E-state index contributed by atoms with van der Waals surface area (Å²) in [6.45, 7) is 5.77. The van der Waals surface area contributed by atoms with Crippen molar-refractivity contribution < 1.29 is 14.6 Å². The number of aliphatic hydroxyl groups excluding tert-OH is 1. The monoisotopic (exact) mass is 389 g/mol. The summed E-state index contributed by atoms with van der Waals surface area (Å²) in [5.74, 6) is 0.471. The summed E-state index contributed by atoms with van der Waals surface area (Å²) in [6.07, 6.45) is -0.711. The maximum Gasteiger partial charge on any atom is 0.255 e. The van der Waals surface area contributed by atoms with Crippen molar-refractivity contribution in [2.24, 2.45) is 0 Å². The van der Waals surface area contributed by atoms with Gasteiger partial charge in [-0.3, -0.25) is 4.79 Å². The molecule has 0 bridgehead atoms. The van der Waals surface area contributed by atoms with Gasteiger partial charge in [-0.15, -0.1) is 0 Å². The lowest BCUT2D eigenvalue weighted by Gasteiger charge is -2.40. The molecular formula is C19H20BrNO3. The van der Waals surface area contributed by atoms with Crippen LogP contribution in [0.2, 0.25) is 0 Å². The Morgan fingerprint density at radius 2 is 1.92 bits per heavy atom. The minimum absolute atomic E-state index is 0.180. The summed E-state index contributed by atoms with van der Waals surface area (Å²) in [7, 11) is 0. The van der Waals surface area contributed by atoms with Gasteiger partial charge >= 0.3 is 0 Å². The van der Waals surface area contributed by atoms with Gasteiger partial charge in [0, 0.05) is 16.8 Å². The van der Waals surface area contributed by atoms with E-state index in [9.17, 15) is 9.90 Å². The molecule has 1 aliphatic rings. The predicted octanol–water partition coefficient (Wildman–Crippen LogP) is 4.22. The van der Waals surface area contributed by atoms with Crippen LogP contribution < -0.4 is 10.1 Å². The van der Waals surface area contributed by atoms with Crippen LogP contribution in [0.5, 0.6) is 5.75 Å². The minimum Gasteiger partial charge on any atom is -0.486 e. The van der Waals surface area contributed by atoms with Crippen LogP contribution in [0.1, 0.15) is 41.4 Å². The average molecular weight is 390 g/mol. The Bertz CT molecular complexity index is 774. The van der Waals surface area contributed by atoms with E-state index >= 15 is 0 Å². The van der Waals surface area contributed by atoms with Gasteiger partial charge in [0.25, 0.3) is 5.91 Å². The Morgan fingerprint density at radius 3 is 2.58 bits per heavy atom. The van der Waals surface area contributed by atoms with Gasteiger partial charge in [-0.25, -0.2) is 0 Å². The van der Waals surface area contributed by atoms with E-state index in [1.165, 1.54) is 0 Å². The molecule has 0 spiro atoms. The van der Waals surface area contributed by atoms with Crippen molar-refractivity contribution in [1.29, 1.82) is 0 Å². The molecule has 3 rings (SSSR count). The molecule has 2 atom stereocenters. The number of carbonyl (C=O) groups excluding carboxylic acids is 1. The van der Waals surface area contributed by atoms with Crippen molar-refractivity contribution in [3.05, 3.63) is 59.2 Å². The number of benzene rings is 2. The summed E-state index contributed by atoms with van der Waals surface area (Å²) < 4.78 is 6.01. The quantitative estimate of drug-likeness (QED) is 0.756. The Kier molecular flexibility index (Phi) is 4.40. The third-order valence-corrected chi connectivity index (χ3v) is 5.88. The van der Waals surface area contributed by atoms with Crippen molar-refractivity contribution in [3.63, 3.8) is 0 Å². The van der Waals surface area contributed by atoms with Crippen molar-refractivity contribution in [2.75, 3.05) is 5.32 Å². The molecule has 0 radical (unpaired) electrons. The highest BCUT2D eigenvalue weighted by Gasteiger charge is 2.41. The van der Waals surface area contributed by atoms with E-state index in [4.69, 9.17) is 4.74 Å². The molecule has 0 unspecified atom stereocenters. The first-order valence-electron chi connectivity index (χ1n) is 7.81. The number of nitrogens with one attached hydrogen (secondary N) is 1. The Morgan fingerprint density at radius 1 is 1.25 bits per heavy atom. The van der Waals surface area contributed by atoms with E-state index in [0.717, 1.165) is 5.56 Å². The number of alkyl halides is 1. The normalized spacial score (nSPS) is 21.5. The smallest absolute Gasteiger partial charge is 0.255 e. The van der Waals surface area contributed by atoms with Crippen LogP contribution in [0.25, 0.3) is 0 Å². The summed E-state index contributed by atoms with van der Waals surface area (Å²) >= 11 is 3.51. The van der Waals surface area contributed by atoms with Crippen LogP contribution in [-0.4, -0.2) is 21.4 Å². The van der Waals surface area contributed by atoms with E-state index in [0.29, 0.717) is 22.6 Å². The van der Waals surface area contributed by atoms with Crippen molar-refractivity contribution in [1.82, 2.24) is 0 Å². The number of aliphatic hydroxyl groups is 1. The number of hydrogen-bond donors (Lipinski definition) is 2. The number of anilines is 1. The zero-order valence-electron chi connectivity index (χ0n) is 13.8. The lowest BCUT2D eigenvalue weighted by atomic mass is 9.90. The van der Waals surface area contributed by atoms with Gasteiger partial charge in [-0.1, -0.05) is 34.1 Å². The molecule has 4 nitrogen and oxygen atoms in total. The van der Waals surface area contributed by atoms with Crippen LogP contribution >= 0.6 is 15.9 Å². The largest absolute Gasteiger partial charge is 0.486 e. The lowest BCUT2D eigenvalue weighted by Crippen LogP contribution is -2.45. The molecule has 126 valence electrons. The van der Waals surface area contributed by atoms with Gasteiger partial charge in [0.15, 0.2) is 0 Å². The van der Waals surface area contributed by atoms with Gasteiger partial charge in [0.05, 0.1) is 10.9 Å². The average Bonchev–Trinajstić information content (AvgIpc) is 2.55. The van der Waals surface area contributed by atoms with Gasteiger partial charge in [0.1, 0.15) is 11.4 Å². The van der Waals surface area contributed by atoms with Gasteiger partial charge < -0.3 is 15.2 Å². The van der Waals surface area contributed by atoms with Gasteiger partial charge in [-0.2, -0.15) is 0 Å². The second-order valence-corrected chi connectivity index (χ2v) is 7.56. The number of rotatable bonds is 2. The maximum atomic E-state index is 12.4. The highest BCUT2D eigenvalue weighted by molar-refractivity contribution is 9.09. The second kappa shape index (κ2) is 6.22. The van der Waals surface area contributed by atoms with Crippen molar-refractivity contribution in [2.45, 2.75) is 37.3 Å². The topological polar surface area (TPSA) is 58.6 Å². The second-order valence-electron chi connectivity index (χ2n) is 6.58. The molecule has 1 aliphatic heterocycles. The first-order valence-corrected chi connectivity index (χ1v) is 8.73. The fourth-order valence-corrected chi connectivity index (χ4v) is 3.19. The highest BCUT2D eigenvalue weighted by Crippen LogP contribution is 2.45. The number of fused-ring (bicyclic) bond motifs is 1. The predicted molar refractivity (Wildman–Crippen MR) is 98.0 cm³/mol. The van der Waals surface area contributed by atoms with Crippen LogP contribution in [0.4, 0.5) is 5.69 Å². The molecule has 0 saturated carbocycles. The van der Waals surface area contributed by atoms with Crippen LogP contribution in [-0.2, 0) is 0 Å². The minimum atomic E-state index is -0.711. The first-order chi connectivity index (χ1) is 11.3. The van der Waals surface area contributed by atoms with Gasteiger partial charge in [0.2, 0.25) is 0 Å². The van der Waals surface area contributed by atoms with E-state index in [-0.39, 0.29) is 10.7 Å². The highest BCUT2D eigenvalue weighted by atomic mass is 79.9. The molecule has 0 aliphatic carbocycles. The molecule has 1 amide bonds. The van der Waals surface area contributed by atoms with Crippen LogP contribution in [0.15, 0.2) is 42.5 Å². The fourth-order valence-electron chi connectivity index (χ4n) is 2.81. The third-order valence-electron chi connectivity index (χ3n) is 4.27. The lowest BCUT2D eigenvalue weighted by molar-refractivity contribution is 0.0225. The number of ether oxygens (including phenoxy) is 1. The SMILES string of the molecule is Cc1cc2c(cc1NC(=O)c1ccccc1)[C@@H](O)[C@H](Br)C(C)(C)O2. The molecule has 1 heterocycles. The Balaban J connectivity index is 1.93. The third kappa shape index (κ3) is 3.06. The summed E-state index contributed by atoms with van der Waals surface area (Å²) in [4.78, 5) is 12.1. The number of hydrogen-bond acceptors (Lipinski definition) is 3. The Labute approximate surface area is 150 Å². The standard InChI is InChI=1S/C19H20BrNO3/c1-11-9-15-13(16(22)17(20)19(2,3)24-15)10-14(11)21-18(23)12-7-5-4-6-8-12/h4-10,16-17,22H,1-3H3,(H,21,23)/t16-,17+/m1/s1. The molecule has 2 aromatic carbocycles. The first kappa shape index (κ1) is 17.0. The summed E-state index contributed by atoms with van der Waals surface area (Å²) in [5, 5.41) is 13.5. The van der Waals surface area contributed by atoms with Gasteiger partial charge in [-0.05, 0) is 50.6 Å². The van der Waals surface area contributed by atoms with Crippen LogP contribution in [0, 0.1) is 6.92 Å². The molecule has 2 aromatic rings. The van der Waals surface area contributed by atoms with Crippen LogP contribution in [0.3, 0.4) is 0 Å². The Hall–Kier alpha value is -1.85. The van der Waals surface area contributed by atoms with E-state index < -0.39 is 11.7 Å². The van der Waals surface area contributed by atoms with Crippen molar-refractivity contribution in [3.8, 4) is 5.75 Å². The number of amides is 1. The molecule has 0 saturated heterocycles. The molecule has 24 heavy (non-hydrogen) atoms. The molecule has 5 heteroatoms. The molecular weight excluding hydrogens is 370 g/mol. The van der Waals surface area contributed by atoms with E-state index in [1.54, 1.807) is 18.2 Å². The zero-order valence-corrected chi connectivity index (χ0v) is 15.4. The van der Waals surface area contributed by atoms with Crippen molar-refractivity contribution >= 4 is 27.5 Å². The number of aryl methyl sites for hydroxylation is 1. The summed E-state index contributed by atoms with van der Waals surface area (Å²) in [6, 6.07) is 12.7. The van der Waals surface area contributed by atoms with E-state index in [2.05, 4.69) is 21.2 Å². The molecule has 0 fully saturated rings. The number of carbonyl (C=O) groups is 1. The molecule has 0 aromatic heterocycles. The summed E-state index contributed by atoms with van der Waals surface area (Å²) in [5.41, 5.74) is 2.29. The number of halogens is 1.